The highest BCUT2D eigenvalue weighted by molar-refractivity contribution is 7.92. The number of hydrogen-bond donors (Lipinski definition) is 0. The molecule has 0 fully saturated rings. The molecule has 0 aliphatic rings. The Morgan fingerprint density at radius 2 is 1.88 bits per heavy atom. The summed E-state index contributed by atoms with van der Waals surface area (Å²) in [4.78, 5) is 2.19. The molecule has 1 aromatic carbocycles. The van der Waals surface area contributed by atoms with Crippen molar-refractivity contribution in [2.24, 2.45) is 0 Å². The van der Waals surface area contributed by atoms with Crippen molar-refractivity contribution in [1.29, 1.82) is 0 Å². The van der Waals surface area contributed by atoms with E-state index in [0.717, 1.165) is 0 Å². The maximum absolute atomic E-state index is 12.2. The molecule has 0 N–H and O–H groups in total. The van der Waals surface area contributed by atoms with E-state index in [4.69, 9.17) is 0 Å². The SMILES string of the molecule is C=CC(CN(C)C)S(=O)(=O)c1ccccc1. The summed E-state index contributed by atoms with van der Waals surface area (Å²) in [5.41, 5.74) is 0. The van der Waals surface area contributed by atoms with E-state index in [1.807, 2.05) is 19.0 Å². The second kappa shape index (κ2) is 5.27. The predicted octanol–water partition coefficient (Wildman–Crippen LogP) is 1.58. The number of benzene rings is 1. The van der Waals surface area contributed by atoms with E-state index in [9.17, 15) is 8.42 Å². The molecule has 0 aliphatic heterocycles. The Hall–Kier alpha value is -1.13. The lowest BCUT2D eigenvalue weighted by Crippen LogP contribution is -2.31. The number of sulfone groups is 1. The molecule has 1 rings (SSSR count). The van der Waals surface area contributed by atoms with Gasteiger partial charge >= 0.3 is 0 Å². The first-order chi connectivity index (χ1) is 7.48. The van der Waals surface area contributed by atoms with E-state index in [-0.39, 0.29) is 0 Å². The fourth-order valence-electron chi connectivity index (χ4n) is 1.44. The zero-order chi connectivity index (χ0) is 12.2. The van der Waals surface area contributed by atoms with Gasteiger partial charge < -0.3 is 4.90 Å². The summed E-state index contributed by atoms with van der Waals surface area (Å²) in [5.74, 6) is 0. The van der Waals surface area contributed by atoms with Crippen LogP contribution < -0.4 is 0 Å². The minimum atomic E-state index is -3.31. The van der Waals surface area contributed by atoms with Gasteiger partial charge in [-0.2, -0.15) is 0 Å². The van der Waals surface area contributed by atoms with Gasteiger partial charge in [0.15, 0.2) is 9.84 Å². The Labute approximate surface area is 97.3 Å². The van der Waals surface area contributed by atoms with Gasteiger partial charge in [-0.25, -0.2) is 8.42 Å². The van der Waals surface area contributed by atoms with Gasteiger partial charge in [0.1, 0.15) is 0 Å². The van der Waals surface area contributed by atoms with Crippen LogP contribution in [-0.2, 0) is 9.84 Å². The summed E-state index contributed by atoms with van der Waals surface area (Å²) < 4.78 is 24.4. The van der Waals surface area contributed by atoms with Crippen molar-refractivity contribution in [2.75, 3.05) is 20.6 Å². The maximum atomic E-state index is 12.2. The van der Waals surface area contributed by atoms with Crippen LogP contribution in [0.15, 0.2) is 47.9 Å². The molecule has 88 valence electrons. The van der Waals surface area contributed by atoms with Crippen molar-refractivity contribution >= 4 is 9.84 Å². The molecule has 4 heteroatoms. The first-order valence-corrected chi connectivity index (χ1v) is 6.59. The average Bonchev–Trinajstić information content (AvgIpc) is 2.26. The summed E-state index contributed by atoms with van der Waals surface area (Å²) >= 11 is 0. The zero-order valence-electron chi connectivity index (χ0n) is 9.63. The van der Waals surface area contributed by atoms with Gasteiger partial charge in [-0.3, -0.25) is 0 Å². The molecule has 16 heavy (non-hydrogen) atoms. The van der Waals surface area contributed by atoms with E-state index >= 15 is 0 Å². The Kier molecular flexibility index (Phi) is 4.26. The fraction of sp³-hybridized carbons (Fsp3) is 0.333. The molecule has 0 radical (unpaired) electrons. The average molecular weight is 239 g/mol. The van der Waals surface area contributed by atoms with Gasteiger partial charge in [0.2, 0.25) is 0 Å². The first kappa shape index (κ1) is 12.9. The van der Waals surface area contributed by atoms with Crippen LogP contribution in [0.4, 0.5) is 0 Å². The van der Waals surface area contributed by atoms with E-state index < -0.39 is 15.1 Å². The van der Waals surface area contributed by atoms with E-state index in [1.54, 1.807) is 30.3 Å². The maximum Gasteiger partial charge on any atom is 0.186 e. The third-order valence-corrected chi connectivity index (χ3v) is 4.35. The van der Waals surface area contributed by atoms with E-state index in [0.29, 0.717) is 11.4 Å². The van der Waals surface area contributed by atoms with Crippen LogP contribution in [0.1, 0.15) is 0 Å². The molecule has 0 bridgehead atoms. The van der Waals surface area contributed by atoms with Gasteiger partial charge in [0.25, 0.3) is 0 Å². The summed E-state index contributed by atoms with van der Waals surface area (Å²) in [6.45, 7) is 4.05. The summed E-state index contributed by atoms with van der Waals surface area (Å²) in [6, 6.07) is 8.47. The topological polar surface area (TPSA) is 37.4 Å². The van der Waals surface area contributed by atoms with Crippen molar-refractivity contribution in [1.82, 2.24) is 4.90 Å². The molecular weight excluding hydrogens is 222 g/mol. The third-order valence-electron chi connectivity index (χ3n) is 2.28. The van der Waals surface area contributed by atoms with E-state index in [1.165, 1.54) is 6.08 Å². The van der Waals surface area contributed by atoms with Crippen molar-refractivity contribution in [3.8, 4) is 0 Å². The third kappa shape index (κ3) is 2.93. The highest BCUT2D eigenvalue weighted by atomic mass is 32.2. The largest absolute Gasteiger partial charge is 0.308 e. The smallest absolute Gasteiger partial charge is 0.186 e. The molecule has 3 nitrogen and oxygen atoms in total. The van der Waals surface area contributed by atoms with Crippen LogP contribution in [0.3, 0.4) is 0 Å². The fourth-order valence-corrected chi connectivity index (χ4v) is 3.08. The van der Waals surface area contributed by atoms with Crippen LogP contribution in [0, 0.1) is 0 Å². The van der Waals surface area contributed by atoms with Gasteiger partial charge in [-0.05, 0) is 26.2 Å². The Morgan fingerprint density at radius 3 is 2.31 bits per heavy atom. The molecule has 0 heterocycles. The van der Waals surface area contributed by atoms with Gasteiger partial charge in [0, 0.05) is 6.54 Å². The number of hydrogen-bond acceptors (Lipinski definition) is 3. The zero-order valence-corrected chi connectivity index (χ0v) is 10.4. The van der Waals surface area contributed by atoms with Crippen LogP contribution in [0.25, 0.3) is 0 Å². The lowest BCUT2D eigenvalue weighted by atomic mass is 10.4. The second-order valence-corrected chi connectivity index (χ2v) is 6.06. The molecule has 0 aromatic heterocycles. The lowest BCUT2D eigenvalue weighted by molar-refractivity contribution is 0.414. The standard InChI is InChI=1S/C12H17NO2S/c1-4-11(10-13(2)3)16(14,15)12-8-6-5-7-9-12/h4-9,11H,1,10H2,2-3H3. The molecule has 0 spiro atoms. The minimum Gasteiger partial charge on any atom is -0.308 e. The first-order valence-electron chi connectivity index (χ1n) is 5.04. The summed E-state index contributed by atoms with van der Waals surface area (Å²) in [5, 5.41) is -0.565. The molecule has 1 unspecified atom stereocenters. The van der Waals surface area contributed by atoms with Crippen LogP contribution in [-0.4, -0.2) is 39.2 Å². The second-order valence-electron chi connectivity index (χ2n) is 3.89. The lowest BCUT2D eigenvalue weighted by Gasteiger charge is -2.18. The number of rotatable bonds is 5. The highest BCUT2D eigenvalue weighted by Gasteiger charge is 2.24. The monoisotopic (exact) mass is 239 g/mol. The number of nitrogens with zero attached hydrogens (tertiary/aromatic N) is 1. The van der Waals surface area contributed by atoms with Crippen molar-refractivity contribution in [2.45, 2.75) is 10.1 Å². The van der Waals surface area contributed by atoms with Crippen LogP contribution in [0.5, 0.6) is 0 Å². The van der Waals surface area contributed by atoms with E-state index in [2.05, 4.69) is 6.58 Å². The molecule has 0 saturated heterocycles. The minimum absolute atomic E-state index is 0.349. The summed E-state index contributed by atoms with van der Waals surface area (Å²) in [7, 11) is 0.383. The Balaban J connectivity index is 3.05. The van der Waals surface area contributed by atoms with Gasteiger partial charge in [0.05, 0.1) is 10.1 Å². The van der Waals surface area contributed by atoms with Gasteiger partial charge in [-0.15, -0.1) is 6.58 Å². The van der Waals surface area contributed by atoms with Crippen LogP contribution >= 0.6 is 0 Å². The Morgan fingerprint density at radius 1 is 1.31 bits per heavy atom. The molecule has 0 aliphatic carbocycles. The molecule has 1 atom stereocenters. The summed E-state index contributed by atoms with van der Waals surface area (Å²) in [6.07, 6.45) is 1.49. The van der Waals surface area contributed by atoms with Gasteiger partial charge in [-0.1, -0.05) is 24.3 Å². The Bertz CT molecular complexity index is 437. The molecule has 0 saturated carbocycles. The van der Waals surface area contributed by atoms with Crippen molar-refractivity contribution < 1.29 is 8.42 Å². The van der Waals surface area contributed by atoms with Crippen molar-refractivity contribution in [3.05, 3.63) is 43.0 Å². The molecule has 1 aromatic rings. The van der Waals surface area contributed by atoms with Crippen LogP contribution in [0.2, 0.25) is 0 Å². The normalized spacial score (nSPS) is 13.7. The van der Waals surface area contributed by atoms with Crippen molar-refractivity contribution in [3.63, 3.8) is 0 Å². The molecule has 0 amide bonds. The predicted molar refractivity (Wildman–Crippen MR) is 66.2 cm³/mol. The highest BCUT2D eigenvalue weighted by Crippen LogP contribution is 2.16. The molecular formula is C12H17NO2S. The quantitative estimate of drug-likeness (QED) is 0.732.